The van der Waals surface area contributed by atoms with E-state index in [4.69, 9.17) is 5.14 Å². The Hall–Kier alpha value is -0.910. The zero-order valence-electron chi connectivity index (χ0n) is 8.90. The molecule has 0 aliphatic heterocycles. The van der Waals surface area contributed by atoms with Crippen LogP contribution in [0.25, 0.3) is 0 Å². The Morgan fingerprint density at radius 2 is 2.00 bits per heavy atom. The second-order valence-corrected chi connectivity index (χ2v) is 5.08. The lowest BCUT2D eigenvalue weighted by molar-refractivity contribution is 0.586. The SMILES string of the molecule is CNC(C)Cc1ccccc1S(N)(=O)=O. The third-order valence-electron chi connectivity index (χ3n) is 2.30. The van der Waals surface area contributed by atoms with Gasteiger partial charge in [-0.25, -0.2) is 13.6 Å². The Labute approximate surface area is 90.5 Å². The molecule has 0 radical (unpaired) electrons. The quantitative estimate of drug-likeness (QED) is 0.787. The Morgan fingerprint density at radius 3 is 2.53 bits per heavy atom. The summed E-state index contributed by atoms with van der Waals surface area (Å²) in [4.78, 5) is 0.215. The summed E-state index contributed by atoms with van der Waals surface area (Å²) in [5.74, 6) is 0. The summed E-state index contributed by atoms with van der Waals surface area (Å²) < 4.78 is 22.6. The van der Waals surface area contributed by atoms with Gasteiger partial charge in [0, 0.05) is 6.04 Å². The Morgan fingerprint density at radius 1 is 1.40 bits per heavy atom. The van der Waals surface area contributed by atoms with Crippen LogP contribution in [0.1, 0.15) is 12.5 Å². The standard InChI is InChI=1S/C10H16N2O2S/c1-8(12-2)7-9-5-3-4-6-10(9)15(11,13)14/h3-6,8,12H,7H2,1-2H3,(H2,11,13,14). The molecule has 15 heavy (non-hydrogen) atoms. The lowest BCUT2D eigenvalue weighted by Gasteiger charge is -2.12. The van der Waals surface area contributed by atoms with E-state index in [1.54, 1.807) is 12.1 Å². The molecule has 0 amide bonds. The minimum absolute atomic E-state index is 0.215. The van der Waals surface area contributed by atoms with E-state index in [0.29, 0.717) is 6.42 Å². The highest BCUT2D eigenvalue weighted by atomic mass is 32.2. The van der Waals surface area contributed by atoms with Crippen LogP contribution < -0.4 is 10.5 Å². The van der Waals surface area contributed by atoms with Crippen LogP contribution in [0.15, 0.2) is 29.2 Å². The molecule has 1 aromatic carbocycles. The van der Waals surface area contributed by atoms with Crippen LogP contribution in [0.5, 0.6) is 0 Å². The zero-order valence-corrected chi connectivity index (χ0v) is 9.71. The average molecular weight is 228 g/mol. The lowest BCUT2D eigenvalue weighted by Crippen LogP contribution is -2.25. The van der Waals surface area contributed by atoms with E-state index >= 15 is 0 Å². The second kappa shape index (κ2) is 4.74. The summed E-state index contributed by atoms with van der Waals surface area (Å²) in [6, 6.07) is 7.02. The van der Waals surface area contributed by atoms with Crippen LogP contribution in [-0.2, 0) is 16.4 Å². The van der Waals surface area contributed by atoms with Crippen molar-refractivity contribution in [3.05, 3.63) is 29.8 Å². The lowest BCUT2D eigenvalue weighted by atomic mass is 10.1. The third-order valence-corrected chi connectivity index (χ3v) is 3.31. The van der Waals surface area contributed by atoms with Gasteiger partial charge in [0.25, 0.3) is 0 Å². The molecular weight excluding hydrogens is 212 g/mol. The van der Waals surface area contributed by atoms with Gasteiger partial charge >= 0.3 is 0 Å². The molecule has 5 heteroatoms. The Kier molecular flexibility index (Phi) is 3.84. The number of nitrogens with one attached hydrogen (secondary N) is 1. The maximum absolute atomic E-state index is 11.3. The predicted octanol–water partition coefficient (Wildman–Crippen LogP) is 0.484. The van der Waals surface area contributed by atoms with Crippen molar-refractivity contribution in [2.45, 2.75) is 24.3 Å². The molecule has 0 aliphatic rings. The summed E-state index contributed by atoms with van der Waals surface area (Å²) >= 11 is 0. The highest BCUT2D eigenvalue weighted by Crippen LogP contribution is 2.15. The number of benzene rings is 1. The minimum atomic E-state index is -3.62. The third kappa shape index (κ3) is 3.30. The van der Waals surface area contributed by atoms with Gasteiger partial charge in [-0.3, -0.25) is 0 Å². The number of likely N-dealkylation sites (N-methyl/N-ethyl adjacent to an activating group) is 1. The molecule has 3 N–H and O–H groups in total. The number of nitrogens with two attached hydrogens (primary N) is 1. The number of hydrogen-bond acceptors (Lipinski definition) is 3. The number of hydrogen-bond donors (Lipinski definition) is 2. The maximum atomic E-state index is 11.3. The van der Waals surface area contributed by atoms with E-state index in [1.165, 1.54) is 6.07 Å². The van der Waals surface area contributed by atoms with Crippen LogP contribution in [0.4, 0.5) is 0 Å². The normalized spacial score (nSPS) is 13.8. The molecule has 0 bridgehead atoms. The molecule has 1 rings (SSSR count). The van der Waals surface area contributed by atoms with E-state index in [0.717, 1.165) is 5.56 Å². The van der Waals surface area contributed by atoms with Gasteiger partial charge in [0.1, 0.15) is 0 Å². The van der Waals surface area contributed by atoms with Crippen LogP contribution >= 0.6 is 0 Å². The molecule has 0 saturated carbocycles. The topological polar surface area (TPSA) is 72.2 Å². The van der Waals surface area contributed by atoms with Crippen LogP contribution in [0.3, 0.4) is 0 Å². The highest BCUT2D eigenvalue weighted by Gasteiger charge is 2.14. The van der Waals surface area contributed by atoms with Crippen molar-refractivity contribution in [1.29, 1.82) is 0 Å². The fraction of sp³-hybridized carbons (Fsp3) is 0.400. The highest BCUT2D eigenvalue weighted by molar-refractivity contribution is 7.89. The van der Waals surface area contributed by atoms with Crippen molar-refractivity contribution in [3.63, 3.8) is 0 Å². The first-order chi connectivity index (χ1) is 6.95. The average Bonchev–Trinajstić information content (AvgIpc) is 2.17. The summed E-state index contributed by atoms with van der Waals surface area (Å²) in [6.07, 6.45) is 0.642. The fourth-order valence-electron chi connectivity index (χ4n) is 1.38. The van der Waals surface area contributed by atoms with Crippen LogP contribution in [0.2, 0.25) is 0 Å². The van der Waals surface area contributed by atoms with E-state index in [2.05, 4.69) is 5.32 Å². The van der Waals surface area contributed by atoms with Crippen molar-refractivity contribution < 1.29 is 8.42 Å². The predicted molar refractivity (Wildman–Crippen MR) is 60.0 cm³/mol. The summed E-state index contributed by atoms with van der Waals surface area (Å²) in [5, 5.41) is 8.18. The Balaban J connectivity index is 3.08. The van der Waals surface area contributed by atoms with Gasteiger partial charge in [-0.15, -0.1) is 0 Å². The minimum Gasteiger partial charge on any atom is -0.317 e. The van der Waals surface area contributed by atoms with Crippen molar-refractivity contribution >= 4 is 10.0 Å². The van der Waals surface area contributed by atoms with Gasteiger partial charge in [-0.1, -0.05) is 18.2 Å². The van der Waals surface area contributed by atoms with Crippen molar-refractivity contribution in [2.24, 2.45) is 5.14 Å². The van der Waals surface area contributed by atoms with Gasteiger partial charge < -0.3 is 5.32 Å². The molecule has 0 spiro atoms. The molecule has 0 heterocycles. The van der Waals surface area contributed by atoms with E-state index in [1.807, 2.05) is 20.0 Å². The Bertz CT molecular complexity index is 429. The number of rotatable bonds is 4. The molecule has 0 saturated heterocycles. The second-order valence-electron chi connectivity index (χ2n) is 3.55. The fourth-order valence-corrected chi connectivity index (χ4v) is 2.17. The van der Waals surface area contributed by atoms with E-state index in [9.17, 15) is 8.42 Å². The van der Waals surface area contributed by atoms with Gasteiger partial charge in [-0.05, 0) is 32.0 Å². The number of sulfonamides is 1. The molecule has 1 unspecified atom stereocenters. The first-order valence-corrected chi connectivity index (χ1v) is 6.27. The van der Waals surface area contributed by atoms with Crippen LogP contribution in [0, 0.1) is 0 Å². The van der Waals surface area contributed by atoms with Crippen molar-refractivity contribution in [3.8, 4) is 0 Å². The molecule has 0 aromatic heterocycles. The first kappa shape index (κ1) is 12.2. The van der Waals surface area contributed by atoms with Gasteiger partial charge in [-0.2, -0.15) is 0 Å². The summed E-state index contributed by atoms with van der Waals surface area (Å²) in [7, 11) is -1.78. The van der Waals surface area contributed by atoms with Gasteiger partial charge in [0.2, 0.25) is 10.0 Å². The van der Waals surface area contributed by atoms with E-state index in [-0.39, 0.29) is 10.9 Å². The van der Waals surface area contributed by atoms with Crippen LogP contribution in [-0.4, -0.2) is 21.5 Å². The zero-order chi connectivity index (χ0) is 11.5. The van der Waals surface area contributed by atoms with Crippen molar-refractivity contribution in [2.75, 3.05) is 7.05 Å². The molecule has 84 valence electrons. The van der Waals surface area contributed by atoms with Crippen molar-refractivity contribution in [1.82, 2.24) is 5.32 Å². The largest absolute Gasteiger partial charge is 0.317 e. The molecular formula is C10H16N2O2S. The maximum Gasteiger partial charge on any atom is 0.238 e. The summed E-state index contributed by atoms with van der Waals surface area (Å²) in [5.41, 5.74) is 0.752. The molecule has 0 aliphatic carbocycles. The molecule has 1 atom stereocenters. The molecule has 0 fully saturated rings. The van der Waals surface area contributed by atoms with Gasteiger partial charge in [0.05, 0.1) is 4.90 Å². The summed E-state index contributed by atoms with van der Waals surface area (Å²) in [6.45, 7) is 1.99. The monoisotopic (exact) mass is 228 g/mol. The van der Waals surface area contributed by atoms with Gasteiger partial charge in [0.15, 0.2) is 0 Å². The smallest absolute Gasteiger partial charge is 0.238 e. The molecule has 4 nitrogen and oxygen atoms in total. The first-order valence-electron chi connectivity index (χ1n) is 4.73. The molecule has 1 aromatic rings. The number of primary sulfonamides is 1. The van der Waals surface area contributed by atoms with E-state index < -0.39 is 10.0 Å².